The quantitative estimate of drug-likeness (QED) is 0.868. The molecule has 1 atom stereocenters. The number of nitrogens with one attached hydrogen (secondary N) is 1. The van der Waals surface area contributed by atoms with Gasteiger partial charge in [0.2, 0.25) is 17.2 Å². The molecule has 0 aliphatic rings. The van der Waals surface area contributed by atoms with Crippen LogP contribution in [0, 0.1) is 0 Å². The molecule has 114 valence electrons. The number of rotatable bonds is 6. The summed E-state index contributed by atoms with van der Waals surface area (Å²) in [7, 11) is 1.88. The number of aromatic nitrogens is 6. The summed E-state index contributed by atoms with van der Waals surface area (Å²) in [6, 6.07) is -0.0967. The summed E-state index contributed by atoms with van der Waals surface area (Å²) in [5, 5.41) is 11.3. The Balaban J connectivity index is 2.22. The molecule has 8 nitrogen and oxygen atoms in total. The van der Waals surface area contributed by atoms with Crippen molar-refractivity contribution >= 4 is 23.5 Å². The molecule has 0 fully saturated rings. The van der Waals surface area contributed by atoms with Crippen LogP contribution in [-0.4, -0.2) is 42.8 Å². The topological polar surface area (TPSA) is 84.7 Å². The smallest absolute Gasteiger partial charge is 0.231 e. The molecule has 2 aromatic rings. The molecule has 2 rings (SSSR count). The highest BCUT2D eigenvalue weighted by atomic mass is 35.5. The molecule has 0 aromatic carbocycles. The van der Waals surface area contributed by atoms with E-state index in [1.807, 2.05) is 37.3 Å². The molecule has 9 heteroatoms. The van der Waals surface area contributed by atoms with E-state index in [9.17, 15) is 0 Å². The summed E-state index contributed by atoms with van der Waals surface area (Å²) in [4.78, 5) is 14.7. The van der Waals surface area contributed by atoms with Gasteiger partial charge in [-0.3, -0.25) is 0 Å². The third-order valence-corrected chi connectivity index (χ3v) is 3.29. The number of nitrogens with zero attached hydrogens (tertiary/aromatic N) is 7. The Morgan fingerprint density at radius 3 is 2.57 bits per heavy atom. The van der Waals surface area contributed by atoms with Crippen LogP contribution in [0.1, 0.15) is 32.6 Å². The Hall–Kier alpha value is -1.96. The Bertz CT molecular complexity index is 595. The first-order valence-corrected chi connectivity index (χ1v) is 7.19. The molecule has 2 aromatic heterocycles. The summed E-state index contributed by atoms with van der Waals surface area (Å²) >= 11 is 5.99. The molecule has 0 amide bonds. The largest absolute Gasteiger partial charge is 0.344 e. The van der Waals surface area contributed by atoms with Crippen molar-refractivity contribution in [1.29, 1.82) is 0 Å². The Labute approximate surface area is 128 Å². The van der Waals surface area contributed by atoms with Crippen LogP contribution in [0.3, 0.4) is 0 Å². The zero-order valence-electron chi connectivity index (χ0n) is 12.6. The van der Waals surface area contributed by atoms with Crippen molar-refractivity contribution in [2.75, 3.05) is 23.3 Å². The zero-order chi connectivity index (χ0) is 15.4. The standard InChI is InChI=1S/C12H19ClN8/c1-5-21(6-2)12-17-10(13)16-11(18-12)15-8(3)9-19-14-7-20(9)4/h7-8H,5-6H2,1-4H3,(H,15,16,17,18). The fourth-order valence-electron chi connectivity index (χ4n) is 1.99. The van der Waals surface area contributed by atoms with Gasteiger partial charge in [-0.2, -0.15) is 15.0 Å². The van der Waals surface area contributed by atoms with Gasteiger partial charge in [-0.25, -0.2) is 0 Å². The first kappa shape index (κ1) is 15.4. The first-order valence-electron chi connectivity index (χ1n) is 6.82. The van der Waals surface area contributed by atoms with E-state index >= 15 is 0 Å². The lowest BCUT2D eigenvalue weighted by Crippen LogP contribution is -2.25. The number of aryl methyl sites for hydroxylation is 1. The molecule has 0 bridgehead atoms. The van der Waals surface area contributed by atoms with Gasteiger partial charge in [0.15, 0.2) is 5.82 Å². The normalized spacial score (nSPS) is 12.2. The van der Waals surface area contributed by atoms with E-state index in [0.29, 0.717) is 11.9 Å². The lowest BCUT2D eigenvalue weighted by atomic mass is 10.3. The number of hydrogen-bond donors (Lipinski definition) is 1. The molecule has 21 heavy (non-hydrogen) atoms. The van der Waals surface area contributed by atoms with Gasteiger partial charge in [0.25, 0.3) is 0 Å². The predicted octanol–water partition coefficient (Wildman–Crippen LogP) is 1.67. The average molecular weight is 311 g/mol. The minimum absolute atomic E-state index is 0.0967. The van der Waals surface area contributed by atoms with Crippen molar-refractivity contribution in [2.45, 2.75) is 26.8 Å². The van der Waals surface area contributed by atoms with Crippen LogP contribution in [-0.2, 0) is 7.05 Å². The number of hydrogen-bond acceptors (Lipinski definition) is 7. The molecule has 0 radical (unpaired) electrons. The van der Waals surface area contributed by atoms with E-state index in [2.05, 4.69) is 30.5 Å². The van der Waals surface area contributed by atoms with Crippen molar-refractivity contribution in [1.82, 2.24) is 29.7 Å². The third-order valence-electron chi connectivity index (χ3n) is 3.12. The molecular formula is C12H19ClN8. The highest BCUT2D eigenvalue weighted by molar-refractivity contribution is 6.28. The van der Waals surface area contributed by atoms with Gasteiger partial charge in [0.05, 0.1) is 6.04 Å². The van der Waals surface area contributed by atoms with Crippen LogP contribution in [0.2, 0.25) is 5.28 Å². The summed E-state index contributed by atoms with van der Waals surface area (Å²) < 4.78 is 1.84. The predicted molar refractivity (Wildman–Crippen MR) is 81.4 cm³/mol. The number of halogens is 1. The second-order valence-corrected chi connectivity index (χ2v) is 4.90. The molecule has 0 saturated heterocycles. The van der Waals surface area contributed by atoms with Gasteiger partial charge in [-0.1, -0.05) is 0 Å². The summed E-state index contributed by atoms with van der Waals surface area (Å²) in [5.41, 5.74) is 0. The van der Waals surface area contributed by atoms with Crippen molar-refractivity contribution < 1.29 is 0 Å². The second kappa shape index (κ2) is 6.66. The Morgan fingerprint density at radius 1 is 1.29 bits per heavy atom. The monoisotopic (exact) mass is 310 g/mol. The molecular weight excluding hydrogens is 292 g/mol. The second-order valence-electron chi connectivity index (χ2n) is 4.57. The molecule has 0 saturated carbocycles. The summed E-state index contributed by atoms with van der Waals surface area (Å²) in [6.45, 7) is 7.63. The van der Waals surface area contributed by atoms with E-state index in [0.717, 1.165) is 18.9 Å². The van der Waals surface area contributed by atoms with Crippen LogP contribution >= 0.6 is 11.6 Å². The first-order chi connectivity index (χ1) is 10.0. The van der Waals surface area contributed by atoms with Crippen LogP contribution in [0.25, 0.3) is 0 Å². The van der Waals surface area contributed by atoms with E-state index < -0.39 is 0 Å². The zero-order valence-corrected chi connectivity index (χ0v) is 13.3. The SMILES string of the molecule is CCN(CC)c1nc(Cl)nc(NC(C)c2nncn2C)n1. The van der Waals surface area contributed by atoms with Gasteiger partial charge in [-0.15, -0.1) is 10.2 Å². The van der Waals surface area contributed by atoms with Gasteiger partial charge >= 0.3 is 0 Å². The van der Waals surface area contributed by atoms with Crippen LogP contribution in [0.4, 0.5) is 11.9 Å². The Morgan fingerprint density at radius 2 is 2.00 bits per heavy atom. The molecule has 0 spiro atoms. The number of anilines is 2. The maximum atomic E-state index is 5.99. The van der Waals surface area contributed by atoms with Gasteiger partial charge < -0.3 is 14.8 Å². The average Bonchev–Trinajstić information content (AvgIpc) is 2.86. The van der Waals surface area contributed by atoms with Gasteiger partial charge in [0.1, 0.15) is 6.33 Å². The van der Waals surface area contributed by atoms with Crippen molar-refractivity contribution in [3.8, 4) is 0 Å². The molecule has 2 heterocycles. The van der Waals surface area contributed by atoms with Gasteiger partial charge in [-0.05, 0) is 32.4 Å². The maximum Gasteiger partial charge on any atom is 0.231 e. The summed E-state index contributed by atoms with van der Waals surface area (Å²) in [6.07, 6.45) is 1.65. The van der Waals surface area contributed by atoms with Crippen molar-refractivity contribution in [3.05, 3.63) is 17.4 Å². The minimum atomic E-state index is -0.0967. The minimum Gasteiger partial charge on any atom is -0.344 e. The van der Waals surface area contributed by atoms with E-state index in [-0.39, 0.29) is 11.3 Å². The van der Waals surface area contributed by atoms with Gasteiger partial charge in [0, 0.05) is 20.1 Å². The van der Waals surface area contributed by atoms with E-state index in [4.69, 9.17) is 11.6 Å². The fourth-order valence-corrected chi connectivity index (χ4v) is 2.15. The van der Waals surface area contributed by atoms with E-state index in [1.165, 1.54) is 0 Å². The highest BCUT2D eigenvalue weighted by Gasteiger charge is 2.15. The molecule has 0 aliphatic heterocycles. The van der Waals surface area contributed by atoms with Crippen LogP contribution < -0.4 is 10.2 Å². The van der Waals surface area contributed by atoms with Crippen molar-refractivity contribution in [2.24, 2.45) is 7.05 Å². The lowest BCUT2D eigenvalue weighted by Gasteiger charge is -2.19. The van der Waals surface area contributed by atoms with Crippen molar-refractivity contribution in [3.63, 3.8) is 0 Å². The fraction of sp³-hybridized carbons (Fsp3) is 0.583. The maximum absolute atomic E-state index is 5.99. The highest BCUT2D eigenvalue weighted by Crippen LogP contribution is 2.18. The summed E-state index contributed by atoms with van der Waals surface area (Å²) in [5.74, 6) is 1.77. The molecule has 0 aliphatic carbocycles. The lowest BCUT2D eigenvalue weighted by molar-refractivity contribution is 0.709. The third kappa shape index (κ3) is 3.57. The van der Waals surface area contributed by atoms with E-state index in [1.54, 1.807) is 6.33 Å². The van der Waals surface area contributed by atoms with Crippen LogP contribution in [0.15, 0.2) is 6.33 Å². The van der Waals surface area contributed by atoms with Crippen LogP contribution in [0.5, 0.6) is 0 Å². The Kier molecular flexibility index (Phi) is 4.89. The molecule has 1 unspecified atom stereocenters. The molecule has 1 N–H and O–H groups in total.